The Morgan fingerprint density at radius 2 is 2.15 bits per heavy atom. The van der Waals surface area contributed by atoms with E-state index in [1.54, 1.807) is 0 Å². The van der Waals surface area contributed by atoms with Crippen LogP contribution in [0.5, 0.6) is 0 Å². The lowest BCUT2D eigenvalue weighted by Gasteiger charge is -2.06. The molecule has 0 unspecified atom stereocenters. The Morgan fingerprint density at radius 3 is 3.00 bits per heavy atom. The number of aromatic amines is 1. The number of imidazole rings is 1. The highest BCUT2D eigenvalue weighted by molar-refractivity contribution is 5.96. The van der Waals surface area contributed by atoms with E-state index in [1.165, 1.54) is 5.39 Å². The number of para-hydroxylation sites is 1. The fraction of sp³-hybridized carbons (Fsp3) is 0.182. The van der Waals surface area contributed by atoms with Gasteiger partial charge in [-0.15, -0.1) is 6.58 Å². The summed E-state index contributed by atoms with van der Waals surface area (Å²) in [6.45, 7) is 6.04. The minimum Gasteiger partial charge on any atom is -0.358 e. The summed E-state index contributed by atoms with van der Waals surface area (Å²) in [6, 6.07) is 8.38. The zero-order valence-electron chi connectivity index (χ0n) is 15.2. The predicted molar refractivity (Wildman–Crippen MR) is 109 cm³/mol. The number of allylic oxidation sites excluding steroid dienone is 4. The summed E-state index contributed by atoms with van der Waals surface area (Å²) < 4.78 is 2.19. The van der Waals surface area contributed by atoms with E-state index < -0.39 is 0 Å². The van der Waals surface area contributed by atoms with Crippen molar-refractivity contribution < 1.29 is 0 Å². The number of aryl methyl sites for hydroxylation is 1. The Hall–Kier alpha value is -3.14. The quantitative estimate of drug-likeness (QED) is 0.668. The van der Waals surface area contributed by atoms with Crippen LogP contribution in [0, 0.1) is 6.92 Å². The molecule has 0 atom stereocenters. The van der Waals surface area contributed by atoms with E-state index in [0.717, 1.165) is 52.4 Å². The Morgan fingerprint density at radius 1 is 1.31 bits per heavy atom. The van der Waals surface area contributed by atoms with E-state index in [4.69, 9.17) is 4.98 Å². The van der Waals surface area contributed by atoms with Gasteiger partial charge in [-0.25, -0.2) is 4.98 Å². The fourth-order valence-corrected chi connectivity index (χ4v) is 3.59. The van der Waals surface area contributed by atoms with Crippen LogP contribution in [0.3, 0.4) is 0 Å². The average molecular weight is 342 g/mol. The Balaban J connectivity index is 1.95. The molecule has 4 nitrogen and oxygen atoms in total. The average Bonchev–Trinajstić information content (AvgIpc) is 2.99. The highest BCUT2D eigenvalue weighted by Gasteiger charge is 2.21. The SMILES string of the molecule is C=CCc1c(C2=CCC=NC=C2)nc(-c2c(C)[nH]c3ccccc23)n1C. The van der Waals surface area contributed by atoms with Gasteiger partial charge in [-0.3, -0.25) is 4.99 Å². The van der Waals surface area contributed by atoms with Crippen LogP contribution >= 0.6 is 0 Å². The number of aliphatic imine (C=N–C) groups is 1. The van der Waals surface area contributed by atoms with Gasteiger partial charge >= 0.3 is 0 Å². The van der Waals surface area contributed by atoms with E-state index in [-0.39, 0.29) is 0 Å². The summed E-state index contributed by atoms with van der Waals surface area (Å²) in [4.78, 5) is 12.8. The monoisotopic (exact) mass is 342 g/mol. The van der Waals surface area contributed by atoms with E-state index >= 15 is 0 Å². The summed E-state index contributed by atoms with van der Waals surface area (Å²) in [5.74, 6) is 0.978. The van der Waals surface area contributed by atoms with Gasteiger partial charge in [0.1, 0.15) is 5.82 Å². The van der Waals surface area contributed by atoms with Crippen molar-refractivity contribution in [3.05, 3.63) is 72.4 Å². The zero-order valence-corrected chi connectivity index (χ0v) is 15.2. The third-order valence-electron chi connectivity index (χ3n) is 4.83. The number of hydrogen-bond acceptors (Lipinski definition) is 2. The molecule has 1 aromatic carbocycles. The number of fused-ring (bicyclic) bond motifs is 1. The molecule has 2 aromatic heterocycles. The molecule has 0 fully saturated rings. The van der Waals surface area contributed by atoms with Crippen LogP contribution in [0.25, 0.3) is 27.9 Å². The largest absolute Gasteiger partial charge is 0.358 e. The van der Waals surface area contributed by atoms with E-state index in [2.05, 4.69) is 65.4 Å². The van der Waals surface area contributed by atoms with Gasteiger partial charge in [0.25, 0.3) is 0 Å². The van der Waals surface area contributed by atoms with Crippen molar-refractivity contribution in [2.45, 2.75) is 19.8 Å². The minimum absolute atomic E-state index is 0.770. The lowest BCUT2D eigenvalue weighted by atomic mass is 10.1. The van der Waals surface area contributed by atoms with Gasteiger partial charge in [-0.05, 0) is 24.6 Å². The van der Waals surface area contributed by atoms with Crippen molar-refractivity contribution >= 4 is 22.7 Å². The number of benzene rings is 1. The topological polar surface area (TPSA) is 46.0 Å². The van der Waals surface area contributed by atoms with Crippen LogP contribution in [-0.2, 0) is 13.5 Å². The van der Waals surface area contributed by atoms with E-state index in [1.807, 2.05) is 24.6 Å². The van der Waals surface area contributed by atoms with Crippen LogP contribution in [0.1, 0.15) is 23.5 Å². The lowest BCUT2D eigenvalue weighted by molar-refractivity contribution is 0.860. The number of hydrogen-bond donors (Lipinski definition) is 1. The maximum absolute atomic E-state index is 5.07. The lowest BCUT2D eigenvalue weighted by Crippen LogP contribution is -1.99. The molecule has 0 radical (unpaired) electrons. The molecule has 0 saturated carbocycles. The van der Waals surface area contributed by atoms with Gasteiger partial charge in [0, 0.05) is 60.2 Å². The first-order chi connectivity index (χ1) is 12.7. The molecule has 0 aliphatic carbocycles. The van der Waals surface area contributed by atoms with Crippen molar-refractivity contribution in [3.63, 3.8) is 0 Å². The molecular weight excluding hydrogens is 320 g/mol. The third kappa shape index (κ3) is 2.64. The standard InChI is InChI=1S/C22H22N4/c1-4-8-19-21(16-9-7-13-23-14-12-16)25-22(26(19)3)20-15(2)24-18-11-6-5-10-17(18)20/h4-6,9-14,24H,1,7-8H2,2-3H3. The van der Waals surface area contributed by atoms with E-state index in [9.17, 15) is 0 Å². The molecule has 1 N–H and O–H groups in total. The highest BCUT2D eigenvalue weighted by atomic mass is 15.1. The van der Waals surface area contributed by atoms with Crippen molar-refractivity contribution in [2.24, 2.45) is 12.0 Å². The van der Waals surface area contributed by atoms with Crippen LogP contribution in [0.4, 0.5) is 0 Å². The molecule has 0 saturated heterocycles. The molecule has 26 heavy (non-hydrogen) atoms. The first-order valence-electron chi connectivity index (χ1n) is 8.83. The maximum Gasteiger partial charge on any atom is 0.143 e. The summed E-state index contributed by atoms with van der Waals surface area (Å²) in [6.07, 6.45) is 11.5. The first-order valence-corrected chi connectivity index (χ1v) is 8.83. The van der Waals surface area contributed by atoms with Crippen LogP contribution in [-0.4, -0.2) is 20.7 Å². The maximum atomic E-state index is 5.07. The van der Waals surface area contributed by atoms with Crippen molar-refractivity contribution in [2.75, 3.05) is 0 Å². The molecule has 0 bridgehead atoms. The van der Waals surface area contributed by atoms with Crippen molar-refractivity contribution in [3.8, 4) is 11.4 Å². The van der Waals surface area contributed by atoms with Crippen molar-refractivity contribution in [1.29, 1.82) is 0 Å². The van der Waals surface area contributed by atoms with Crippen LogP contribution < -0.4 is 0 Å². The Kier molecular flexibility index (Phi) is 4.17. The van der Waals surface area contributed by atoms with Gasteiger partial charge in [0.2, 0.25) is 0 Å². The number of H-pyrrole nitrogens is 1. The molecule has 1 aliphatic heterocycles. The zero-order chi connectivity index (χ0) is 18.1. The predicted octanol–water partition coefficient (Wildman–Crippen LogP) is 4.98. The van der Waals surface area contributed by atoms with Crippen LogP contribution in [0.2, 0.25) is 0 Å². The molecule has 0 amide bonds. The molecule has 130 valence electrons. The fourth-order valence-electron chi connectivity index (χ4n) is 3.59. The molecule has 1 aliphatic rings. The molecular formula is C22H22N4. The smallest absolute Gasteiger partial charge is 0.143 e. The van der Waals surface area contributed by atoms with Gasteiger partial charge in [0.05, 0.1) is 5.69 Å². The summed E-state index contributed by atoms with van der Waals surface area (Å²) in [7, 11) is 2.09. The highest BCUT2D eigenvalue weighted by Crippen LogP contribution is 2.34. The summed E-state index contributed by atoms with van der Waals surface area (Å²) in [5, 5.41) is 1.20. The summed E-state index contributed by atoms with van der Waals surface area (Å²) >= 11 is 0. The van der Waals surface area contributed by atoms with Gasteiger partial charge in [-0.2, -0.15) is 0 Å². The molecule has 0 spiro atoms. The van der Waals surface area contributed by atoms with E-state index in [0.29, 0.717) is 0 Å². The molecule has 4 heteroatoms. The first kappa shape index (κ1) is 16.3. The second-order valence-corrected chi connectivity index (χ2v) is 6.50. The minimum atomic E-state index is 0.770. The van der Waals surface area contributed by atoms with Crippen molar-refractivity contribution in [1.82, 2.24) is 14.5 Å². The third-order valence-corrected chi connectivity index (χ3v) is 4.83. The summed E-state index contributed by atoms with van der Waals surface area (Å²) in [5.41, 5.74) is 6.71. The number of nitrogens with one attached hydrogen (secondary N) is 1. The number of aromatic nitrogens is 3. The Bertz CT molecular complexity index is 1070. The molecule has 4 rings (SSSR count). The number of rotatable bonds is 4. The second-order valence-electron chi connectivity index (χ2n) is 6.50. The van der Waals surface area contributed by atoms with Gasteiger partial charge < -0.3 is 9.55 Å². The molecule has 3 heterocycles. The Labute approximate surface area is 153 Å². The van der Waals surface area contributed by atoms with Crippen LogP contribution in [0.15, 0.2) is 60.3 Å². The number of nitrogens with zero attached hydrogens (tertiary/aromatic N) is 3. The van der Waals surface area contributed by atoms with Gasteiger partial charge in [0.15, 0.2) is 0 Å². The normalized spacial score (nSPS) is 13.8. The molecule has 3 aromatic rings. The van der Waals surface area contributed by atoms with Gasteiger partial charge in [-0.1, -0.05) is 30.4 Å². The second kappa shape index (κ2) is 6.64.